The van der Waals surface area contributed by atoms with Gasteiger partial charge in [0, 0.05) is 24.6 Å². The lowest BCUT2D eigenvalue weighted by Gasteiger charge is -2.03. The number of carboxylic acid groups (broad SMARTS) is 1. The average Bonchev–Trinajstić information content (AvgIpc) is 2.77. The Balaban J connectivity index is 2.18. The lowest BCUT2D eigenvalue weighted by molar-refractivity contribution is 0.0690. The summed E-state index contributed by atoms with van der Waals surface area (Å²) in [6.07, 6.45) is 4.99. The summed E-state index contributed by atoms with van der Waals surface area (Å²) in [7, 11) is 0. The van der Waals surface area contributed by atoms with Crippen molar-refractivity contribution in [1.29, 1.82) is 0 Å². The van der Waals surface area contributed by atoms with Crippen molar-refractivity contribution < 1.29 is 9.90 Å². The summed E-state index contributed by atoms with van der Waals surface area (Å²) >= 11 is 0. The molecular weight excluding hydrogens is 220 g/mol. The van der Waals surface area contributed by atoms with Crippen molar-refractivity contribution in [2.75, 3.05) is 5.32 Å². The van der Waals surface area contributed by atoms with Crippen molar-refractivity contribution >= 4 is 17.3 Å². The van der Waals surface area contributed by atoms with E-state index in [4.69, 9.17) is 5.11 Å². The quantitative estimate of drug-likeness (QED) is 0.839. The summed E-state index contributed by atoms with van der Waals surface area (Å²) in [6.45, 7) is 2.78. The fraction of sp³-hybridized carbons (Fsp3) is 0.182. The third-order valence-electron chi connectivity index (χ3n) is 2.22. The fourth-order valence-electron chi connectivity index (χ4n) is 1.39. The molecule has 2 heterocycles. The van der Waals surface area contributed by atoms with E-state index in [0.29, 0.717) is 5.69 Å². The molecule has 0 spiro atoms. The molecule has 88 valence electrons. The van der Waals surface area contributed by atoms with Gasteiger partial charge in [0.05, 0.1) is 11.9 Å². The van der Waals surface area contributed by atoms with Crippen molar-refractivity contribution in [3.63, 3.8) is 0 Å². The number of hydrogen-bond donors (Lipinski definition) is 2. The molecule has 0 unspecified atom stereocenters. The van der Waals surface area contributed by atoms with E-state index in [9.17, 15) is 4.79 Å². The molecule has 2 aromatic heterocycles. The van der Waals surface area contributed by atoms with Gasteiger partial charge in [-0.1, -0.05) is 0 Å². The third kappa shape index (κ3) is 2.60. The van der Waals surface area contributed by atoms with Crippen molar-refractivity contribution in [2.24, 2.45) is 0 Å². The molecule has 2 N–H and O–H groups in total. The van der Waals surface area contributed by atoms with Crippen LogP contribution < -0.4 is 5.32 Å². The Bertz CT molecular complexity index is 536. The molecule has 0 saturated carbocycles. The van der Waals surface area contributed by atoms with Crippen molar-refractivity contribution in [3.8, 4) is 0 Å². The lowest BCUT2D eigenvalue weighted by atomic mass is 10.3. The molecule has 0 aliphatic heterocycles. The zero-order valence-corrected chi connectivity index (χ0v) is 9.29. The van der Waals surface area contributed by atoms with Gasteiger partial charge in [-0.05, 0) is 19.1 Å². The van der Waals surface area contributed by atoms with Gasteiger partial charge in [0.25, 0.3) is 0 Å². The molecule has 0 saturated heterocycles. The molecule has 0 aliphatic rings. The van der Waals surface area contributed by atoms with Gasteiger partial charge >= 0.3 is 5.97 Å². The number of carboxylic acids is 1. The normalized spacial score (nSPS) is 10.2. The summed E-state index contributed by atoms with van der Waals surface area (Å²) in [4.78, 5) is 14.5. The summed E-state index contributed by atoms with van der Waals surface area (Å²) in [5, 5.41) is 16.0. The van der Waals surface area contributed by atoms with Crippen LogP contribution in [-0.2, 0) is 6.54 Å². The van der Waals surface area contributed by atoms with E-state index in [0.717, 1.165) is 12.2 Å². The van der Waals surface area contributed by atoms with Crippen LogP contribution in [0.2, 0.25) is 0 Å². The maximum absolute atomic E-state index is 10.7. The summed E-state index contributed by atoms with van der Waals surface area (Å²) in [5.74, 6) is -1.04. The SMILES string of the molecule is CCn1cc(Nc2ccnc(C(=O)O)c2)cn1. The maximum Gasteiger partial charge on any atom is 0.354 e. The van der Waals surface area contributed by atoms with E-state index in [2.05, 4.69) is 15.4 Å². The molecule has 0 radical (unpaired) electrons. The lowest BCUT2D eigenvalue weighted by Crippen LogP contribution is -2.00. The molecule has 2 aromatic rings. The van der Waals surface area contributed by atoms with E-state index in [1.54, 1.807) is 16.9 Å². The van der Waals surface area contributed by atoms with Crippen LogP contribution in [0.5, 0.6) is 0 Å². The predicted molar refractivity (Wildman–Crippen MR) is 62.4 cm³/mol. The molecule has 0 aromatic carbocycles. The first kappa shape index (κ1) is 11.1. The standard InChI is InChI=1S/C11H12N4O2/c1-2-15-7-9(6-13-15)14-8-3-4-12-10(5-8)11(16)17/h3-7H,2H2,1H3,(H,12,14)(H,16,17). The molecule has 0 atom stereocenters. The topological polar surface area (TPSA) is 80.0 Å². The Morgan fingerprint density at radius 1 is 1.53 bits per heavy atom. The largest absolute Gasteiger partial charge is 0.477 e. The zero-order chi connectivity index (χ0) is 12.3. The first-order valence-electron chi connectivity index (χ1n) is 5.18. The second-order valence-electron chi connectivity index (χ2n) is 3.44. The number of aromatic carboxylic acids is 1. The maximum atomic E-state index is 10.7. The van der Waals surface area contributed by atoms with Crippen molar-refractivity contribution in [3.05, 3.63) is 36.4 Å². The minimum Gasteiger partial charge on any atom is -0.477 e. The molecule has 0 fully saturated rings. The Kier molecular flexibility index (Phi) is 3.04. The second-order valence-corrected chi connectivity index (χ2v) is 3.44. The Morgan fingerprint density at radius 2 is 2.35 bits per heavy atom. The summed E-state index contributed by atoms with van der Waals surface area (Å²) < 4.78 is 1.78. The van der Waals surface area contributed by atoms with E-state index >= 15 is 0 Å². The van der Waals surface area contributed by atoms with Gasteiger partial charge in [0.15, 0.2) is 0 Å². The van der Waals surface area contributed by atoms with Gasteiger partial charge in [-0.2, -0.15) is 5.10 Å². The fourth-order valence-corrected chi connectivity index (χ4v) is 1.39. The van der Waals surface area contributed by atoms with E-state index in [-0.39, 0.29) is 5.69 Å². The zero-order valence-electron chi connectivity index (χ0n) is 9.29. The molecule has 0 bridgehead atoms. The number of nitrogens with one attached hydrogen (secondary N) is 1. The monoisotopic (exact) mass is 232 g/mol. The molecule has 0 amide bonds. The van der Waals surface area contributed by atoms with Crippen LogP contribution in [0.4, 0.5) is 11.4 Å². The molecule has 6 nitrogen and oxygen atoms in total. The first-order chi connectivity index (χ1) is 8.19. The van der Waals surface area contributed by atoms with Crippen molar-refractivity contribution in [2.45, 2.75) is 13.5 Å². The first-order valence-corrected chi connectivity index (χ1v) is 5.18. The van der Waals surface area contributed by atoms with E-state index in [1.807, 2.05) is 13.1 Å². The number of aromatic nitrogens is 3. The Morgan fingerprint density at radius 3 is 3.00 bits per heavy atom. The van der Waals surface area contributed by atoms with Crippen LogP contribution in [0.25, 0.3) is 0 Å². The van der Waals surface area contributed by atoms with Crippen molar-refractivity contribution in [1.82, 2.24) is 14.8 Å². The van der Waals surface area contributed by atoms with E-state index < -0.39 is 5.97 Å². The van der Waals surface area contributed by atoms with Crippen LogP contribution in [0.15, 0.2) is 30.7 Å². The summed E-state index contributed by atoms with van der Waals surface area (Å²) in [5.41, 5.74) is 1.50. The van der Waals surface area contributed by atoms with Gasteiger partial charge in [-0.25, -0.2) is 9.78 Å². The van der Waals surface area contributed by atoms with Crippen LogP contribution in [0.1, 0.15) is 17.4 Å². The molecule has 6 heteroatoms. The molecule has 17 heavy (non-hydrogen) atoms. The van der Waals surface area contributed by atoms with Crippen LogP contribution in [-0.4, -0.2) is 25.8 Å². The number of rotatable bonds is 4. The van der Waals surface area contributed by atoms with Crippen LogP contribution >= 0.6 is 0 Å². The van der Waals surface area contributed by atoms with Gasteiger partial charge in [-0.15, -0.1) is 0 Å². The molecule has 2 rings (SSSR count). The smallest absolute Gasteiger partial charge is 0.354 e. The highest BCUT2D eigenvalue weighted by atomic mass is 16.4. The third-order valence-corrected chi connectivity index (χ3v) is 2.22. The predicted octanol–water partition coefficient (Wildman–Crippen LogP) is 1.74. The molecule has 0 aliphatic carbocycles. The number of carbonyl (C=O) groups is 1. The second kappa shape index (κ2) is 4.65. The highest BCUT2D eigenvalue weighted by molar-refractivity contribution is 5.86. The Hall–Kier alpha value is -2.37. The van der Waals surface area contributed by atoms with Crippen LogP contribution in [0, 0.1) is 0 Å². The van der Waals surface area contributed by atoms with Crippen LogP contribution in [0.3, 0.4) is 0 Å². The number of anilines is 2. The van der Waals surface area contributed by atoms with Gasteiger partial charge < -0.3 is 10.4 Å². The minimum atomic E-state index is -1.04. The van der Waals surface area contributed by atoms with Gasteiger partial charge in [0.2, 0.25) is 0 Å². The highest BCUT2D eigenvalue weighted by Crippen LogP contribution is 2.15. The number of aryl methyl sites for hydroxylation is 1. The van der Waals surface area contributed by atoms with Gasteiger partial charge in [0.1, 0.15) is 5.69 Å². The van der Waals surface area contributed by atoms with E-state index in [1.165, 1.54) is 12.3 Å². The van der Waals surface area contributed by atoms with Gasteiger partial charge in [-0.3, -0.25) is 4.68 Å². The number of hydrogen-bond acceptors (Lipinski definition) is 4. The minimum absolute atomic E-state index is 0.0119. The number of pyridine rings is 1. The molecular formula is C11H12N4O2. The highest BCUT2D eigenvalue weighted by Gasteiger charge is 2.05. The summed E-state index contributed by atoms with van der Waals surface area (Å²) in [6, 6.07) is 3.18. The number of nitrogens with zero attached hydrogens (tertiary/aromatic N) is 3. The average molecular weight is 232 g/mol. The Labute approximate surface area is 97.9 Å².